The second-order valence-corrected chi connectivity index (χ2v) is 4.35. The first-order valence-corrected chi connectivity index (χ1v) is 5.55. The molecule has 1 heterocycles. The Morgan fingerprint density at radius 1 is 1.71 bits per heavy atom. The van der Waals surface area contributed by atoms with E-state index in [2.05, 4.69) is 30.2 Å². The summed E-state index contributed by atoms with van der Waals surface area (Å²) >= 11 is 1.65. The topological polar surface area (TPSA) is 48.7 Å². The van der Waals surface area contributed by atoms with Crippen molar-refractivity contribution >= 4 is 11.3 Å². The number of thiazole rings is 1. The van der Waals surface area contributed by atoms with E-state index in [4.69, 9.17) is 5.26 Å². The molecule has 0 spiro atoms. The Hall–Kier alpha value is -0.920. The average molecular weight is 209 g/mol. The number of aryl methyl sites for hydroxylation is 1. The highest BCUT2D eigenvalue weighted by Crippen LogP contribution is 2.27. The van der Waals surface area contributed by atoms with Crippen LogP contribution in [0.1, 0.15) is 31.0 Å². The van der Waals surface area contributed by atoms with Gasteiger partial charge in [0.15, 0.2) is 0 Å². The van der Waals surface area contributed by atoms with Gasteiger partial charge in [-0.3, -0.25) is 5.32 Å². The first kappa shape index (κ1) is 11.2. The van der Waals surface area contributed by atoms with Crippen LogP contribution in [0.25, 0.3) is 0 Å². The van der Waals surface area contributed by atoms with Gasteiger partial charge >= 0.3 is 0 Å². The first-order chi connectivity index (χ1) is 6.62. The summed E-state index contributed by atoms with van der Waals surface area (Å²) < 4.78 is 0. The fraction of sp³-hybridized carbons (Fsp3) is 0.600. The molecule has 0 aliphatic carbocycles. The Labute approximate surface area is 88.8 Å². The summed E-state index contributed by atoms with van der Waals surface area (Å²) in [5.74, 6) is 0. The molecule has 0 aliphatic heterocycles. The molecule has 1 rings (SSSR count). The van der Waals surface area contributed by atoms with Crippen molar-refractivity contribution in [2.45, 2.75) is 32.7 Å². The van der Waals surface area contributed by atoms with Gasteiger partial charge in [-0.05, 0) is 20.3 Å². The molecular weight excluding hydrogens is 194 g/mol. The Morgan fingerprint density at radius 2 is 2.43 bits per heavy atom. The smallest absolute Gasteiger partial charge is 0.113 e. The molecule has 1 N–H and O–H groups in total. The Bertz CT molecular complexity index is 339. The maximum atomic E-state index is 8.55. The minimum absolute atomic E-state index is 0.158. The first-order valence-electron chi connectivity index (χ1n) is 4.67. The molecule has 1 aromatic rings. The Morgan fingerprint density at radius 3 is 2.86 bits per heavy atom. The van der Waals surface area contributed by atoms with Crippen LogP contribution in [-0.2, 0) is 5.54 Å². The lowest BCUT2D eigenvalue weighted by atomic mass is 10.00. The predicted octanol–water partition coefficient (Wildman–Crippen LogP) is 2.19. The molecule has 3 nitrogen and oxygen atoms in total. The summed E-state index contributed by atoms with van der Waals surface area (Å²) in [7, 11) is 0. The zero-order chi connectivity index (χ0) is 10.6. The third-order valence-corrected chi connectivity index (χ3v) is 3.58. The molecule has 14 heavy (non-hydrogen) atoms. The van der Waals surface area contributed by atoms with Crippen molar-refractivity contribution < 1.29 is 0 Å². The van der Waals surface area contributed by atoms with Crippen LogP contribution < -0.4 is 5.32 Å². The van der Waals surface area contributed by atoms with Gasteiger partial charge in [0.2, 0.25) is 0 Å². The van der Waals surface area contributed by atoms with Crippen LogP contribution in [0, 0.1) is 18.3 Å². The SMILES string of the molecule is CC[C@](C)(NCC#N)c1nc(C)cs1. The molecule has 1 atom stereocenters. The Balaban J connectivity index is 2.84. The molecule has 0 bridgehead atoms. The molecule has 0 aromatic carbocycles. The van der Waals surface area contributed by atoms with Crippen molar-refractivity contribution in [3.8, 4) is 6.07 Å². The maximum absolute atomic E-state index is 8.55. The van der Waals surface area contributed by atoms with E-state index >= 15 is 0 Å². The van der Waals surface area contributed by atoms with Crippen LogP contribution in [0.4, 0.5) is 0 Å². The molecule has 1 aromatic heterocycles. The number of nitrogens with zero attached hydrogens (tertiary/aromatic N) is 2. The monoisotopic (exact) mass is 209 g/mol. The second kappa shape index (κ2) is 4.54. The van der Waals surface area contributed by atoms with Crippen LogP contribution in [-0.4, -0.2) is 11.5 Å². The molecular formula is C10H15N3S. The van der Waals surface area contributed by atoms with Crippen LogP contribution in [0.5, 0.6) is 0 Å². The van der Waals surface area contributed by atoms with E-state index in [0.717, 1.165) is 17.1 Å². The van der Waals surface area contributed by atoms with E-state index in [1.54, 1.807) is 11.3 Å². The van der Waals surface area contributed by atoms with Gasteiger partial charge in [-0.1, -0.05) is 6.92 Å². The minimum Gasteiger partial charge on any atom is -0.293 e. The van der Waals surface area contributed by atoms with Gasteiger partial charge in [0, 0.05) is 11.1 Å². The highest BCUT2D eigenvalue weighted by molar-refractivity contribution is 7.09. The summed E-state index contributed by atoms with van der Waals surface area (Å²) in [6, 6.07) is 2.10. The van der Waals surface area contributed by atoms with Crippen LogP contribution >= 0.6 is 11.3 Å². The zero-order valence-electron chi connectivity index (χ0n) is 8.79. The molecule has 0 radical (unpaired) electrons. The lowest BCUT2D eigenvalue weighted by Crippen LogP contribution is -2.39. The fourth-order valence-corrected chi connectivity index (χ4v) is 2.20. The third kappa shape index (κ3) is 2.31. The number of nitriles is 1. The standard InChI is InChI=1S/C10H15N3S/c1-4-10(3,12-6-5-11)9-13-8(2)7-14-9/h7,12H,4,6H2,1-3H3/t10-/m0/s1. The average Bonchev–Trinajstić information content (AvgIpc) is 2.62. The summed E-state index contributed by atoms with van der Waals surface area (Å²) in [4.78, 5) is 4.45. The quantitative estimate of drug-likeness (QED) is 0.773. The van der Waals surface area contributed by atoms with E-state index in [9.17, 15) is 0 Å². The van der Waals surface area contributed by atoms with Gasteiger partial charge in [-0.15, -0.1) is 11.3 Å². The molecule has 0 aliphatic rings. The minimum atomic E-state index is -0.158. The summed E-state index contributed by atoms with van der Waals surface area (Å²) in [5, 5.41) is 14.9. The summed E-state index contributed by atoms with van der Waals surface area (Å²) in [6.45, 7) is 6.53. The second-order valence-electron chi connectivity index (χ2n) is 3.49. The molecule has 0 fully saturated rings. The molecule has 0 saturated carbocycles. The van der Waals surface area contributed by atoms with Gasteiger partial charge in [0.05, 0.1) is 18.2 Å². The number of nitrogens with one attached hydrogen (secondary N) is 1. The van der Waals surface area contributed by atoms with Crippen molar-refractivity contribution in [2.75, 3.05) is 6.54 Å². The van der Waals surface area contributed by atoms with Crippen molar-refractivity contribution in [3.63, 3.8) is 0 Å². The number of rotatable bonds is 4. The van der Waals surface area contributed by atoms with E-state index in [0.29, 0.717) is 6.54 Å². The molecule has 76 valence electrons. The van der Waals surface area contributed by atoms with E-state index < -0.39 is 0 Å². The van der Waals surface area contributed by atoms with Crippen LogP contribution in [0.15, 0.2) is 5.38 Å². The van der Waals surface area contributed by atoms with Gasteiger partial charge in [0.25, 0.3) is 0 Å². The van der Waals surface area contributed by atoms with Gasteiger partial charge in [0.1, 0.15) is 5.01 Å². The highest BCUT2D eigenvalue weighted by Gasteiger charge is 2.26. The molecule has 0 amide bonds. The van der Waals surface area contributed by atoms with Crippen LogP contribution in [0.2, 0.25) is 0 Å². The number of hydrogen-bond acceptors (Lipinski definition) is 4. The Kier molecular flexibility index (Phi) is 3.62. The highest BCUT2D eigenvalue weighted by atomic mass is 32.1. The van der Waals surface area contributed by atoms with Crippen molar-refractivity contribution in [2.24, 2.45) is 0 Å². The third-order valence-electron chi connectivity index (χ3n) is 2.36. The maximum Gasteiger partial charge on any atom is 0.113 e. The molecule has 0 unspecified atom stereocenters. The van der Waals surface area contributed by atoms with E-state index in [1.807, 2.05) is 12.3 Å². The lowest BCUT2D eigenvalue weighted by Gasteiger charge is -2.25. The van der Waals surface area contributed by atoms with Crippen molar-refractivity contribution in [3.05, 3.63) is 16.1 Å². The van der Waals surface area contributed by atoms with Crippen molar-refractivity contribution in [1.82, 2.24) is 10.3 Å². The van der Waals surface area contributed by atoms with E-state index in [1.165, 1.54) is 0 Å². The van der Waals surface area contributed by atoms with Gasteiger partial charge < -0.3 is 0 Å². The summed E-state index contributed by atoms with van der Waals surface area (Å²) in [5.41, 5.74) is 0.887. The molecule has 4 heteroatoms. The normalized spacial score (nSPS) is 14.7. The summed E-state index contributed by atoms with van der Waals surface area (Å²) in [6.07, 6.45) is 0.932. The van der Waals surface area contributed by atoms with E-state index in [-0.39, 0.29) is 5.54 Å². The molecule has 0 saturated heterocycles. The number of hydrogen-bond donors (Lipinski definition) is 1. The van der Waals surface area contributed by atoms with Crippen LogP contribution in [0.3, 0.4) is 0 Å². The lowest BCUT2D eigenvalue weighted by molar-refractivity contribution is 0.370. The zero-order valence-corrected chi connectivity index (χ0v) is 9.61. The number of aromatic nitrogens is 1. The van der Waals surface area contributed by atoms with Gasteiger partial charge in [-0.25, -0.2) is 4.98 Å². The predicted molar refractivity (Wildman–Crippen MR) is 58.1 cm³/mol. The largest absolute Gasteiger partial charge is 0.293 e. The van der Waals surface area contributed by atoms with Gasteiger partial charge in [-0.2, -0.15) is 5.26 Å². The fourth-order valence-electron chi connectivity index (χ4n) is 1.19. The van der Waals surface area contributed by atoms with Crippen molar-refractivity contribution in [1.29, 1.82) is 5.26 Å².